The Morgan fingerprint density at radius 3 is 2.81 bits per heavy atom. The number of rotatable bonds is 4. The number of hydrogen-bond acceptors (Lipinski definition) is 4. The number of nitrogen functional groups attached to an aromatic ring is 1. The first-order valence-corrected chi connectivity index (χ1v) is 5.05. The van der Waals surface area contributed by atoms with Gasteiger partial charge in [-0.25, -0.2) is 0 Å². The lowest BCUT2D eigenvalue weighted by Gasteiger charge is -2.11. The largest absolute Gasteiger partial charge is 0.494 e. The van der Waals surface area contributed by atoms with Gasteiger partial charge in [-0.3, -0.25) is 4.79 Å². The number of ether oxygens (including phenoxy) is 1. The van der Waals surface area contributed by atoms with Gasteiger partial charge < -0.3 is 20.9 Å². The molecule has 88 valence electrons. The average Bonchev–Trinajstić information content (AvgIpc) is 2.22. The van der Waals surface area contributed by atoms with Gasteiger partial charge in [0.05, 0.1) is 18.0 Å². The summed E-state index contributed by atoms with van der Waals surface area (Å²) in [6.45, 7) is 3.82. The first-order valence-electron chi connectivity index (χ1n) is 5.05. The maximum Gasteiger partial charge on any atom is 0.252 e. The van der Waals surface area contributed by atoms with E-state index in [9.17, 15) is 4.79 Å². The normalized spacial score (nSPS) is 11.9. The Kier molecular flexibility index (Phi) is 4.13. The summed E-state index contributed by atoms with van der Waals surface area (Å²) in [7, 11) is 0. The van der Waals surface area contributed by atoms with Crippen LogP contribution in [0.1, 0.15) is 13.8 Å². The van der Waals surface area contributed by atoms with Crippen LogP contribution in [0.3, 0.4) is 0 Å². The quantitative estimate of drug-likeness (QED) is 0.666. The summed E-state index contributed by atoms with van der Waals surface area (Å²) in [6.07, 6.45) is -1.06. The van der Waals surface area contributed by atoms with Gasteiger partial charge in [0.2, 0.25) is 0 Å². The molecule has 1 aromatic carbocycles. The summed E-state index contributed by atoms with van der Waals surface area (Å²) < 4.78 is 5.25. The lowest BCUT2D eigenvalue weighted by atomic mass is 10.2. The van der Waals surface area contributed by atoms with E-state index in [0.29, 0.717) is 23.7 Å². The minimum absolute atomic E-state index is 0.403. The summed E-state index contributed by atoms with van der Waals surface area (Å²) in [5.74, 6) is 0.158. The lowest BCUT2D eigenvalue weighted by molar-refractivity contribution is -0.123. The van der Waals surface area contributed by atoms with Crippen LogP contribution in [0.5, 0.6) is 5.75 Å². The molecule has 0 aromatic heterocycles. The molecule has 1 rings (SSSR count). The number of anilines is 2. The summed E-state index contributed by atoms with van der Waals surface area (Å²) >= 11 is 0. The first-order chi connectivity index (χ1) is 7.54. The fourth-order valence-corrected chi connectivity index (χ4v) is 1.15. The van der Waals surface area contributed by atoms with E-state index in [1.807, 2.05) is 6.92 Å². The van der Waals surface area contributed by atoms with Crippen molar-refractivity contribution < 1.29 is 14.6 Å². The van der Waals surface area contributed by atoms with Gasteiger partial charge in [0, 0.05) is 6.07 Å². The molecule has 4 N–H and O–H groups in total. The summed E-state index contributed by atoms with van der Waals surface area (Å²) in [5.41, 5.74) is 6.59. The van der Waals surface area contributed by atoms with E-state index >= 15 is 0 Å². The number of aliphatic hydroxyl groups excluding tert-OH is 1. The highest BCUT2D eigenvalue weighted by Gasteiger charge is 2.10. The Balaban J connectivity index is 2.79. The molecule has 1 atom stereocenters. The van der Waals surface area contributed by atoms with Gasteiger partial charge in [-0.1, -0.05) is 0 Å². The second kappa shape index (κ2) is 5.37. The molecule has 16 heavy (non-hydrogen) atoms. The van der Waals surface area contributed by atoms with Gasteiger partial charge in [-0.05, 0) is 26.0 Å². The van der Waals surface area contributed by atoms with Crippen molar-refractivity contribution in [1.82, 2.24) is 0 Å². The molecule has 0 bridgehead atoms. The zero-order valence-corrected chi connectivity index (χ0v) is 9.36. The summed E-state index contributed by atoms with van der Waals surface area (Å²) in [4.78, 5) is 11.2. The van der Waals surface area contributed by atoms with Gasteiger partial charge in [-0.15, -0.1) is 0 Å². The van der Waals surface area contributed by atoms with Crippen molar-refractivity contribution in [3.05, 3.63) is 18.2 Å². The molecule has 0 aliphatic rings. The topological polar surface area (TPSA) is 84.6 Å². The van der Waals surface area contributed by atoms with E-state index in [0.717, 1.165) is 0 Å². The molecular formula is C11H16N2O3. The Bertz CT molecular complexity index is 377. The average molecular weight is 224 g/mol. The van der Waals surface area contributed by atoms with Gasteiger partial charge in [-0.2, -0.15) is 0 Å². The van der Waals surface area contributed by atoms with E-state index in [4.69, 9.17) is 15.6 Å². The number of carbonyl (C=O) groups is 1. The number of nitrogens with two attached hydrogens (primary N) is 1. The molecule has 0 saturated carbocycles. The van der Waals surface area contributed by atoms with E-state index in [2.05, 4.69) is 5.32 Å². The Morgan fingerprint density at radius 1 is 1.62 bits per heavy atom. The molecular weight excluding hydrogens is 208 g/mol. The molecule has 5 heteroatoms. The standard InChI is InChI=1S/C11H16N2O3/c1-3-16-8-4-5-10(9(12)6-8)13-11(15)7(2)14/h4-7,14H,3,12H2,1-2H3,(H,13,15)/t7-/m0/s1. The Morgan fingerprint density at radius 2 is 2.31 bits per heavy atom. The third kappa shape index (κ3) is 3.13. The van der Waals surface area contributed by atoms with Crippen molar-refractivity contribution in [2.24, 2.45) is 0 Å². The highest BCUT2D eigenvalue weighted by molar-refractivity contribution is 5.96. The van der Waals surface area contributed by atoms with Crippen LogP contribution in [0.15, 0.2) is 18.2 Å². The fourth-order valence-electron chi connectivity index (χ4n) is 1.15. The highest BCUT2D eigenvalue weighted by atomic mass is 16.5. The van der Waals surface area contributed by atoms with Crippen LogP contribution < -0.4 is 15.8 Å². The summed E-state index contributed by atoms with van der Waals surface area (Å²) in [5, 5.41) is 11.5. The van der Waals surface area contributed by atoms with Gasteiger partial charge in [0.1, 0.15) is 11.9 Å². The lowest BCUT2D eigenvalue weighted by Crippen LogP contribution is -2.24. The van der Waals surface area contributed by atoms with Crippen LogP contribution in [-0.4, -0.2) is 23.7 Å². The number of hydrogen-bond donors (Lipinski definition) is 3. The van der Waals surface area contributed by atoms with Crippen LogP contribution in [0.2, 0.25) is 0 Å². The Labute approximate surface area is 94.2 Å². The highest BCUT2D eigenvalue weighted by Crippen LogP contribution is 2.24. The second-order valence-corrected chi connectivity index (χ2v) is 3.35. The van der Waals surface area contributed by atoms with Gasteiger partial charge in [0.15, 0.2) is 0 Å². The predicted molar refractivity (Wildman–Crippen MR) is 62.3 cm³/mol. The number of carbonyl (C=O) groups excluding carboxylic acids is 1. The van der Waals surface area contributed by atoms with Crippen LogP contribution in [0.4, 0.5) is 11.4 Å². The SMILES string of the molecule is CCOc1ccc(NC(=O)[C@H](C)O)c(N)c1. The minimum atomic E-state index is -1.06. The van der Waals surface area contributed by atoms with Crippen LogP contribution in [0, 0.1) is 0 Å². The van der Waals surface area contributed by atoms with Gasteiger partial charge in [0.25, 0.3) is 5.91 Å². The van der Waals surface area contributed by atoms with E-state index in [1.165, 1.54) is 6.92 Å². The first kappa shape index (κ1) is 12.3. The molecule has 0 fully saturated rings. The van der Waals surface area contributed by atoms with Crippen LogP contribution in [-0.2, 0) is 4.79 Å². The van der Waals surface area contributed by atoms with Crippen LogP contribution in [0.25, 0.3) is 0 Å². The third-order valence-electron chi connectivity index (χ3n) is 1.97. The molecule has 0 radical (unpaired) electrons. The molecule has 0 aliphatic carbocycles. The number of nitrogens with one attached hydrogen (secondary N) is 1. The van der Waals surface area contributed by atoms with Crippen LogP contribution >= 0.6 is 0 Å². The summed E-state index contributed by atoms with van der Waals surface area (Å²) in [6, 6.07) is 4.97. The zero-order chi connectivity index (χ0) is 12.1. The maximum atomic E-state index is 11.2. The monoisotopic (exact) mass is 224 g/mol. The zero-order valence-electron chi connectivity index (χ0n) is 9.36. The van der Waals surface area contributed by atoms with E-state index in [-0.39, 0.29) is 0 Å². The van der Waals surface area contributed by atoms with Crippen molar-refractivity contribution in [1.29, 1.82) is 0 Å². The molecule has 0 heterocycles. The molecule has 0 aliphatic heterocycles. The van der Waals surface area contributed by atoms with E-state index in [1.54, 1.807) is 18.2 Å². The van der Waals surface area contributed by atoms with Crippen molar-refractivity contribution in [2.75, 3.05) is 17.7 Å². The van der Waals surface area contributed by atoms with Crippen molar-refractivity contribution in [3.8, 4) is 5.75 Å². The Hall–Kier alpha value is -1.75. The van der Waals surface area contributed by atoms with Crippen molar-refractivity contribution in [3.63, 3.8) is 0 Å². The fraction of sp³-hybridized carbons (Fsp3) is 0.364. The van der Waals surface area contributed by atoms with Gasteiger partial charge >= 0.3 is 0 Å². The number of benzene rings is 1. The van der Waals surface area contributed by atoms with Crippen molar-refractivity contribution >= 4 is 17.3 Å². The molecule has 1 amide bonds. The van der Waals surface area contributed by atoms with E-state index < -0.39 is 12.0 Å². The molecule has 1 aromatic rings. The minimum Gasteiger partial charge on any atom is -0.494 e. The maximum absolute atomic E-state index is 11.2. The number of amides is 1. The smallest absolute Gasteiger partial charge is 0.252 e. The number of aliphatic hydroxyl groups is 1. The third-order valence-corrected chi connectivity index (χ3v) is 1.97. The molecule has 0 saturated heterocycles. The predicted octanol–water partition coefficient (Wildman–Crippen LogP) is 0.987. The molecule has 5 nitrogen and oxygen atoms in total. The van der Waals surface area contributed by atoms with Crippen molar-refractivity contribution in [2.45, 2.75) is 20.0 Å². The molecule has 0 unspecified atom stereocenters. The second-order valence-electron chi connectivity index (χ2n) is 3.35. The molecule has 0 spiro atoms.